The molecule has 0 aliphatic carbocycles. The Hall–Kier alpha value is -2.47. The number of carbonyl (C=O) groups excluding carboxylic acids is 1. The van der Waals surface area contributed by atoms with Gasteiger partial charge >= 0.3 is 0 Å². The number of anilines is 1. The molecule has 1 aliphatic rings. The summed E-state index contributed by atoms with van der Waals surface area (Å²) in [7, 11) is 0. The van der Waals surface area contributed by atoms with Gasteiger partial charge in [0.15, 0.2) is 0 Å². The minimum absolute atomic E-state index is 0.0280. The Morgan fingerprint density at radius 1 is 1.21 bits per heavy atom. The zero-order chi connectivity index (χ0) is 16.6. The Bertz CT molecular complexity index is 636. The molecule has 0 saturated carbocycles. The molecule has 2 aromatic rings. The first-order chi connectivity index (χ1) is 11.8. The number of ether oxygens (including phenoxy) is 1. The number of benzene rings is 1. The minimum atomic E-state index is -0.0280. The summed E-state index contributed by atoms with van der Waals surface area (Å²) in [5, 5.41) is 3.12. The molecule has 6 heteroatoms. The maximum atomic E-state index is 12.4. The van der Waals surface area contributed by atoms with Crippen LogP contribution in [0.4, 0.5) is 5.95 Å². The molecule has 0 unspecified atom stereocenters. The third-order valence-corrected chi connectivity index (χ3v) is 4.01. The first-order valence-corrected chi connectivity index (χ1v) is 8.28. The van der Waals surface area contributed by atoms with Crippen LogP contribution in [-0.4, -0.2) is 47.0 Å². The maximum absolute atomic E-state index is 12.4. The standard InChI is InChI=1S/C18H22N4O2/c23-17(8-4-9-19-18-20-10-5-11-21-18)22-12-13-24-16(14-22)15-6-2-1-3-7-15/h1-3,5-7,10-11,16H,4,8-9,12-14H2,(H,19,20,21)/t16-/m0/s1. The van der Waals surface area contributed by atoms with Crippen LogP contribution in [0.2, 0.25) is 0 Å². The second kappa shape index (κ2) is 8.40. The average molecular weight is 326 g/mol. The van der Waals surface area contributed by atoms with Crippen molar-refractivity contribution in [3.05, 3.63) is 54.4 Å². The summed E-state index contributed by atoms with van der Waals surface area (Å²) in [6, 6.07) is 11.8. The predicted octanol–water partition coefficient (Wildman–Crippen LogP) is 2.27. The van der Waals surface area contributed by atoms with Crippen molar-refractivity contribution in [2.45, 2.75) is 18.9 Å². The SMILES string of the molecule is O=C(CCCNc1ncccn1)N1CCO[C@H](c2ccccc2)C1. The number of nitrogens with zero attached hydrogens (tertiary/aromatic N) is 3. The van der Waals surface area contributed by atoms with Crippen LogP contribution in [0.25, 0.3) is 0 Å². The van der Waals surface area contributed by atoms with Crippen molar-refractivity contribution in [3.63, 3.8) is 0 Å². The summed E-state index contributed by atoms with van der Waals surface area (Å²) in [5.41, 5.74) is 1.12. The van der Waals surface area contributed by atoms with Gasteiger partial charge in [0.25, 0.3) is 0 Å². The van der Waals surface area contributed by atoms with Gasteiger partial charge in [0, 0.05) is 31.9 Å². The lowest BCUT2D eigenvalue weighted by Gasteiger charge is -2.33. The van der Waals surface area contributed by atoms with E-state index in [0.717, 1.165) is 12.0 Å². The molecule has 1 aliphatic heterocycles. The number of amides is 1. The quantitative estimate of drug-likeness (QED) is 0.825. The minimum Gasteiger partial charge on any atom is -0.370 e. The van der Waals surface area contributed by atoms with Gasteiger partial charge in [-0.05, 0) is 18.1 Å². The Kier molecular flexibility index (Phi) is 5.74. The first-order valence-electron chi connectivity index (χ1n) is 8.28. The number of morpholine rings is 1. The lowest BCUT2D eigenvalue weighted by Crippen LogP contribution is -2.42. The average Bonchev–Trinajstić information content (AvgIpc) is 2.67. The van der Waals surface area contributed by atoms with E-state index in [-0.39, 0.29) is 12.0 Å². The number of hydrogen-bond acceptors (Lipinski definition) is 5. The van der Waals surface area contributed by atoms with Gasteiger partial charge in [-0.25, -0.2) is 9.97 Å². The molecule has 1 saturated heterocycles. The van der Waals surface area contributed by atoms with E-state index in [1.807, 2.05) is 35.2 Å². The molecule has 0 radical (unpaired) electrons. The molecule has 2 heterocycles. The highest BCUT2D eigenvalue weighted by Gasteiger charge is 2.24. The molecule has 1 N–H and O–H groups in total. The van der Waals surface area contributed by atoms with E-state index in [4.69, 9.17) is 4.74 Å². The first kappa shape index (κ1) is 16.4. The fraction of sp³-hybridized carbons (Fsp3) is 0.389. The summed E-state index contributed by atoms with van der Waals surface area (Å²) in [5.74, 6) is 0.774. The number of carbonyl (C=O) groups is 1. The zero-order valence-electron chi connectivity index (χ0n) is 13.6. The van der Waals surface area contributed by atoms with Crippen LogP contribution in [0.5, 0.6) is 0 Å². The van der Waals surface area contributed by atoms with E-state index >= 15 is 0 Å². The molecule has 1 fully saturated rings. The van der Waals surface area contributed by atoms with Gasteiger partial charge in [-0.15, -0.1) is 0 Å². The van der Waals surface area contributed by atoms with Gasteiger partial charge in [-0.3, -0.25) is 4.79 Å². The van der Waals surface area contributed by atoms with Gasteiger partial charge in [0.2, 0.25) is 11.9 Å². The van der Waals surface area contributed by atoms with Gasteiger partial charge in [-0.1, -0.05) is 30.3 Å². The molecule has 0 bridgehead atoms. The Labute approximate surface area is 141 Å². The van der Waals surface area contributed by atoms with Gasteiger partial charge in [-0.2, -0.15) is 0 Å². The van der Waals surface area contributed by atoms with Crippen molar-refractivity contribution in [2.75, 3.05) is 31.6 Å². The molecule has 1 amide bonds. The van der Waals surface area contributed by atoms with E-state index in [2.05, 4.69) is 15.3 Å². The molecular weight excluding hydrogens is 304 g/mol. The number of hydrogen-bond donors (Lipinski definition) is 1. The smallest absolute Gasteiger partial charge is 0.222 e. The van der Waals surface area contributed by atoms with Crippen molar-refractivity contribution >= 4 is 11.9 Å². The van der Waals surface area contributed by atoms with Crippen molar-refractivity contribution < 1.29 is 9.53 Å². The Morgan fingerprint density at radius 3 is 2.79 bits per heavy atom. The van der Waals surface area contributed by atoms with E-state index in [0.29, 0.717) is 38.6 Å². The highest BCUT2D eigenvalue weighted by Crippen LogP contribution is 2.22. The summed E-state index contributed by atoms with van der Waals surface area (Å²) in [4.78, 5) is 22.5. The fourth-order valence-corrected chi connectivity index (χ4v) is 2.73. The molecule has 1 aromatic carbocycles. The Morgan fingerprint density at radius 2 is 2.00 bits per heavy atom. The predicted molar refractivity (Wildman–Crippen MR) is 91.5 cm³/mol. The topological polar surface area (TPSA) is 67.4 Å². The molecule has 6 nitrogen and oxygen atoms in total. The normalized spacial score (nSPS) is 17.5. The van der Waals surface area contributed by atoms with Crippen LogP contribution in [0.15, 0.2) is 48.8 Å². The van der Waals surface area contributed by atoms with Crippen LogP contribution in [0.3, 0.4) is 0 Å². The number of nitrogens with one attached hydrogen (secondary N) is 1. The Balaban J connectivity index is 1.43. The second-order valence-corrected chi connectivity index (χ2v) is 5.71. The maximum Gasteiger partial charge on any atom is 0.222 e. The van der Waals surface area contributed by atoms with Gasteiger partial charge < -0.3 is 15.0 Å². The number of rotatable bonds is 6. The van der Waals surface area contributed by atoms with Crippen molar-refractivity contribution in [1.82, 2.24) is 14.9 Å². The van der Waals surface area contributed by atoms with Crippen LogP contribution < -0.4 is 5.32 Å². The van der Waals surface area contributed by atoms with E-state index < -0.39 is 0 Å². The molecule has 1 atom stereocenters. The molecule has 126 valence electrons. The van der Waals surface area contributed by atoms with Crippen molar-refractivity contribution in [3.8, 4) is 0 Å². The third kappa shape index (κ3) is 4.52. The van der Waals surface area contributed by atoms with Crippen molar-refractivity contribution in [1.29, 1.82) is 0 Å². The highest BCUT2D eigenvalue weighted by atomic mass is 16.5. The van der Waals surface area contributed by atoms with Crippen LogP contribution in [0, 0.1) is 0 Å². The molecule has 24 heavy (non-hydrogen) atoms. The van der Waals surface area contributed by atoms with E-state index in [1.54, 1.807) is 18.5 Å². The highest BCUT2D eigenvalue weighted by molar-refractivity contribution is 5.76. The largest absolute Gasteiger partial charge is 0.370 e. The summed E-state index contributed by atoms with van der Waals surface area (Å²) >= 11 is 0. The molecule has 3 rings (SSSR count). The third-order valence-electron chi connectivity index (χ3n) is 4.01. The summed E-state index contributed by atoms with van der Waals surface area (Å²) in [6.07, 6.45) is 4.63. The second-order valence-electron chi connectivity index (χ2n) is 5.71. The monoisotopic (exact) mass is 326 g/mol. The molecule has 0 spiro atoms. The zero-order valence-corrected chi connectivity index (χ0v) is 13.6. The summed E-state index contributed by atoms with van der Waals surface area (Å²) in [6.45, 7) is 2.55. The van der Waals surface area contributed by atoms with Gasteiger partial charge in [0.05, 0.1) is 13.2 Å². The fourth-order valence-electron chi connectivity index (χ4n) is 2.73. The number of aromatic nitrogens is 2. The van der Waals surface area contributed by atoms with E-state index in [9.17, 15) is 4.79 Å². The molecular formula is C18H22N4O2. The van der Waals surface area contributed by atoms with Crippen LogP contribution in [-0.2, 0) is 9.53 Å². The van der Waals surface area contributed by atoms with Crippen LogP contribution >= 0.6 is 0 Å². The van der Waals surface area contributed by atoms with Crippen molar-refractivity contribution in [2.24, 2.45) is 0 Å². The van der Waals surface area contributed by atoms with Crippen LogP contribution in [0.1, 0.15) is 24.5 Å². The lowest BCUT2D eigenvalue weighted by atomic mass is 10.1. The molecule has 1 aromatic heterocycles. The lowest BCUT2D eigenvalue weighted by molar-refractivity contribution is -0.139. The van der Waals surface area contributed by atoms with E-state index in [1.165, 1.54) is 0 Å². The van der Waals surface area contributed by atoms with Gasteiger partial charge in [0.1, 0.15) is 6.10 Å². The summed E-state index contributed by atoms with van der Waals surface area (Å²) < 4.78 is 5.81.